The van der Waals surface area contributed by atoms with Crippen LogP contribution in [-0.2, 0) is 11.3 Å². The zero-order valence-corrected chi connectivity index (χ0v) is 14.4. The van der Waals surface area contributed by atoms with Gasteiger partial charge < -0.3 is 9.47 Å². The summed E-state index contributed by atoms with van der Waals surface area (Å²) in [7, 11) is 0. The van der Waals surface area contributed by atoms with Crippen LogP contribution in [0.4, 0.5) is 4.39 Å². The van der Waals surface area contributed by atoms with Gasteiger partial charge in [0.05, 0.1) is 0 Å². The summed E-state index contributed by atoms with van der Waals surface area (Å²) in [5.41, 5.74) is 1.07. The van der Waals surface area contributed by atoms with E-state index in [4.69, 9.17) is 0 Å². The van der Waals surface area contributed by atoms with Crippen LogP contribution in [0.3, 0.4) is 0 Å². The van der Waals surface area contributed by atoms with Gasteiger partial charge in [0.15, 0.2) is 0 Å². The molecule has 2 fully saturated rings. The van der Waals surface area contributed by atoms with Crippen molar-refractivity contribution >= 4 is 5.91 Å². The number of carbonyl (C=O) groups is 1. The Hall–Kier alpha value is -2.24. The molecule has 4 rings (SSSR count). The third-order valence-electron chi connectivity index (χ3n) is 5.56. The van der Waals surface area contributed by atoms with Crippen molar-refractivity contribution in [3.63, 3.8) is 0 Å². The lowest BCUT2D eigenvalue weighted by Gasteiger charge is -2.32. The summed E-state index contributed by atoms with van der Waals surface area (Å²) in [5.74, 6) is 1.79. The van der Waals surface area contributed by atoms with Gasteiger partial charge in [-0.1, -0.05) is 12.1 Å². The van der Waals surface area contributed by atoms with E-state index in [-0.39, 0.29) is 23.6 Å². The number of aryl methyl sites for hydroxylation is 1. The van der Waals surface area contributed by atoms with Gasteiger partial charge in [0.1, 0.15) is 18.0 Å². The third kappa shape index (κ3) is 3.17. The molecular weight excluding hydrogens is 319 g/mol. The van der Waals surface area contributed by atoms with Gasteiger partial charge in [-0.2, -0.15) is 0 Å². The van der Waals surface area contributed by atoms with Gasteiger partial charge in [-0.05, 0) is 49.8 Å². The summed E-state index contributed by atoms with van der Waals surface area (Å²) in [4.78, 5) is 14.7. The number of aromatic nitrogens is 3. The summed E-state index contributed by atoms with van der Waals surface area (Å²) in [6.07, 6.45) is 4.55. The average molecular weight is 342 g/mol. The van der Waals surface area contributed by atoms with Crippen molar-refractivity contribution in [3.8, 4) is 0 Å². The molecule has 1 saturated heterocycles. The van der Waals surface area contributed by atoms with Crippen LogP contribution >= 0.6 is 0 Å². The SMILES string of the molecule is CCn1cnnc1C1CCN(C(=O)[C@@H]2C[C@H]2c2ccc(F)cc2)CC1. The molecule has 0 radical (unpaired) electrons. The smallest absolute Gasteiger partial charge is 0.226 e. The van der Waals surface area contributed by atoms with Gasteiger partial charge in [-0.25, -0.2) is 4.39 Å². The maximum atomic E-state index is 13.0. The number of rotatable bonds is 4. The fraction of sp³-hybridized carbons (Fsp3) is 0.526. The lowest BCUT2D eigenvalue weighted by atomic mass is 9.95. The van der Waals surface area contributed by atoms with Crippen molar-refractivity contribution < 1.29 is 9.18 Å². The lowest BCUT2D eigenvalue weighted by molar-refractivity contribution is -0.133. The maximum absolute atomic E-state index is 13.0. The number of carbonyl (C=O) groups excluding carboxylic acids is 1. The van der Waals surface area contributed by atoms with Gasteiger partial charge >= 0.3 is 0 Å². The first kappa shape index (κ1) is 16.2. The predicted molar refractivity (Wildman–Crippen MR) is 91.5 cm³/mol. The van der Waals surface area contributed by atoms with E-state index in [0.29, 0.717) is 5.92 Å². The highest BCUT2D eigenvalue weighted by atomic mass is 19.1. The Morgan fingerprint density at radius 1 is 1.24 bits per heavy atom. The first-order valence-corrected chi connectivity index (χ1v) is 9.09. The zero-order valence-electron chi connectivity index (χ0n) is 14.4. The Balaban J connectivity index is 1.34. The maximum Gasteiger partial charge on any atom is 0.226 e. The molecule has 5 nitrogen and oxygen atoms in total. The van der Waals surface area contributed by atoms with Gasteiger partial charge in [0.2, 0.25) is 5.91 Å². The fourth-order valence-corrected chi connectivity index (χ4v) is 3.96. The third-order valence-corrected chi connectivity index (χ3v) is 5.56. The lowest BCUT2D eigenvalue weighted by Crippen LogP contribution is -2.39. The summed E-state index contributed by atoms with van der Waals surface area (Å²) >= 11 is 0. The van der Waals surface area contributed by atoms with E-state index in [9.17, 15) is 9.18 Å². The van der Waals surface area contributed by atoms with Crippen LogP contribution in [0.1, 0.15) is 49.4 Å². The minimum Gasteiger partial charge on any atom is -0.342 e. The monoisotopic (exact) mass is 342 g/mol. The molecule has 132 valence electrons. The van der Waals surface area contributed by atoms with Crippen molar-refractivity contribution in [2.24, 2.45) is 5.92 Å². The summed E-state index contributed by atoms with van der Waals surface area (Å²) in [6.45, 7) is 4.54. The Labute approximate surface area is 146 Å². The van der Waals surface area contributed by atoms with Gasteiger partial charge in [0, 0.05) is 31.5 Å². The van der Waals surface area contributed by atoms with Gasteiger partial charge in [-0.3, -0.25) is 4.79 Å². The van der Waals surface area contributed by atoms with E-state index in [1.54, 1.807) is 18.5 Å². The Kier molecular flexibility index (Phi) is 4.27. The predicted octanol–water partition coefficient (Wildman–Crippen LogP) is 2.95. The first-order chi connectivity index (χ1) is 12.2. The number of benzene rings is 1. The first-order valence-electron chi connectivity index (χ1n) is 9.09. The van der Waals surface area contributed by atoms with E-state index in [1.807, 2.05) is 4.90 Å². The highest BCUT2D eigenvalue weighted by molar-refractivity contribution is 5.83. The standard InChI is InChI=1S/C19H23FN4O/c1-2-23-12-21-22-18(23)14-7-9-24(10-8-14)19(25)17-11-16(17)13-3-5-15(20)6-4-13/h3-6,12,14,16-17H,2,7-11H2,1H3/t16-,17+/m0/s1. The molecule has 1 aromatic heterocycles. The number of halogens is 1. The second-order valence-electron chi connectivity index (χ2n) is 7.07. The minimum absolute atomic E-state index is 0.0707. The van der Waals surface area contributed by atoms with Crippen molar-refractivity contribution in [2.75, 3.05) is 13.1 Å². The fourth-order valence-electron chi connectivity index (χ4n) is 3.96. The topological polar surface area (TPSA) is 51.0 Å². The van der Waals surface area contributed by atoms with E-state index in [2.05, 4.69) is 21.7 Å². The molecule has 1 aliphatic carbocycles. The molecule has 2 heterocycles. The molecule has 2 aromatic rings. The summed E-state index contributed by atoms with van der Waals surface area (Å²) in [5, 5.41) is 8.28. The second kappa shape index (κ2) is 6.58. The van der Waals surface area contributed by atoms with Gasteiger partial charge in [-0.15, -0.1) is 10.2 Å². The molecule has 1 amide bonds. The normalized spacial score (nSPS) is 23.7. The van der Waals surface area contributed by atoms with Crippen LogP contribution in [0.15, 0.2) is 30.6 Å². The van der Waals surface area contributed by atoms with Crippen LogP contribution in [0, 0.1) is 11.7 Å². The van der Waals surface area contributed by atoms with Gasteiger partial charge in [0.25, 0.3) is 0 Å². The van der Waals surface area contributed by atoms with E-state index in [1.165, 1.54) is 12.1 Å². The Morgan fingerprint density at radius 2 is 1.96 bits per heavy atom. The molecule has 2 atom stereocenters. The number of nitrogens with zero attached hydrogens (tertiary/aromatic N) is 4. The number of piperidine rings is 1. The molecule has 2 aliphatic rings. The average Bonchev–Trinajstić information content (AvgIpc) is 3.30. The van der Waals surface area contributed by atoms with Crippen LogP contribution in [0.5, 0.6) is 0 Å². The van der Waals surface area contributed by atoms with Crippen molar-refractivity contribution in [2.45, 2.75) is 44.6 Å². The van der Waals surface area contributed by atoms with Crippen LogP contribution < -0.4 is 0 Å². The molecule has 6 heteroatoms. The van der Waals surface area contributed by atoms with E-state index in [0.717, 1.165) is 50.3 Å². The van der Waals surface area contributed by atoms with Crippen molar-refractivity contribution in [3.05, 3.63) is 47.8 Å². The van der Waals surface area contributed by atoms with Crippen LogP contribution in [0.25, 0.3) is 0 Å². The quantitative estimate of drug-likeness (QED) is 0.858. The molecule has 25 heavy (non-hydrogen) atoms. The molecule has 0 bridgehead atoms. The molecule has 0 N–H and O–H groups in total. The van der Waals surface area contributed by atoms with Crippen LogP contribution in [-0.4, -0.2) is 38.7 Å². The number of likely N-dealkylation sites (tertiary alicyclic amines) is 1. The minimum atomic E-state index is -0.228. The van der Waals surface area contributed by atoms with E-state index >= 15 is 0 Å². The molecule has 1 saturated carbocycles. The molecule has 1 aliphatic heterocycles. The highest BCUT2D eigenvalue weighted by Gasteiger charge is 2.46. The summed E-state index contributed by atoms with van der Waals surface area (Å²) < 4.78 is 15.1. The van der Waals surface area contributed by atoms with Crippen LogP contribution in [0.2, 0.25) is 0 Å². The molecule has 0 unspecified atom stereocenters. The zero-order chi connectivity index (χ0) is 17.4. The largest absolute Gasteiger partial charge is 0.342 e. The van der Waals surface area contributed by atoms with E-state index < -0.39 is 0 Å². The Morgan fingerprint density at radius 3 is 2.64 bits per heavy atom. The molecular formula is C19H23FN4O. The van der Waals surface area contributed by atoms with Crippen molar-refractivity contribution in [1.29, 1.82) is 0 Å². The highest BCUT2D eigenvalue weighted by Crippen LogP contribution is 2.48. The number of hydrogen-bond acceptors (Lipinski definition) is 3. The molecule has 0 spiro atoms. The van der Waals surface area contributed by atoms with Crippen molar-refractivity contribution in [1.82, 2.24) is 19.7 Å². The number of hydrogen-bond donors (Lipinski definition) is 0. The second-order valence-corrected chi connectivity index (χ2v) is 7.07. The number of amides is 1. The Bertz CT molecular complexity index is 749. The summed E-state index contributed by atoms with van der Waals surface area (Å²) in [6, 6.07) is 6.56. The molecule has 1 aromatic carbocycles.